The second kappa shape index (κ2) is 9.56. The van der Waals surface area contributed by atoms with E-state index in [9.17, 15) is 4.79 Å². The van der Waals surface area contributed by atoms with Gasteiger partial charge in [-0.1, -0.05) is 59.6 Å². The maximum absolute atomic E-state index is 12.4. The monoisotopic (exact) mass is 407 g/mol. The van der Waals surface area contributed by atoms with Gasteiger partial charge < -0.3 is 15.1 Å². The van der Waals surface area contributed by atoms with E-state index in [0.29, 0.717) is 23.1 Å². The Balaban J connectivity index is 1.42. The van der Waals surface area contributed by atoms with E-state index in [1.54, 1.807) is 6.07 Å². The predicted octanol–water partition coefficient (Wildman–Crippen LogP) is 0.982. The zero-order valence-corrected chi connectivity index (χ0v) is 17.1. The van der Waals surface area contributed by atoms with Gasteiger partial charge in [0.1, 0.15) is 13.1 Å². The second-order valence-electron chi connectivity index (χ2n) is 7.47. The molecule has 2 unspecified atom stereocenters. The molecular weight excluding hydrogens is 381 g/mol. The SMILES string of the molecule is C[NH+](CC(=O)N[C@@H]1CC[NH+](Cc2ccccc2)C1)Cc1ccc(Cl)cc1Cl. The highest BCUT2D eigenvalue weighted by atomic mass is 35.5. The molecule has 4 nitrogen and oxygen atoms in total. The molecule has 3 N–H and O–H groups in total. The van der Waals surface area contributed by atoms with Crippen LogP contribution in [0.1, 0.15) is 17.5 Å². The standard InChI is InChI=1S/C21H25Cl2N3O/c1-25(13-17-7-8-18(22)11-20(17)23)15-21(27)24-19-9-10-26(14-19)12-16-5-3-2-4-6-16/h2-8,11,19H,9-10,12-15H2,1H3,(H,24,27)/p+2/t19-/m1/s1. The van der Waals surface area contributed by atoms with Gasteiger partial charge in [-0.05, 0) is 12.1 Å². The van der Waals surface area contributed by atoms with Crippen molar-refractivity contribution < 1.29 is 14.6 Å². The molecule has 3 rings (SSSR count). The number of benzene rings is 2. The summed E-state index contributed by atoms with van der Waals surface area (Å²) in [6, 6.07) is 16.3. The number of quaternary nitrogens is 2. The fraction of sp³-hybridized carbons (Fsp3) is 0.381. The van der Waals surface area contributed by atoms with Gasteiger partial charge in [0.2, 0.25) is 0 Å². The summed E-state index contributed by atoms with van der Waals surface area (Å²) in [5, 5.41) is 4.48. The zero-order valence-electron chi connectivity index (χ0n) is 15.6. The van der Waals surface area contributed by atoms with Crippen molar-refractivity contribution >= 4 is 29.1 Å². The summed E-state index contributed by atoms with van der Waals surface area (Å²) < 4.78 is 0. The Kier molecular flexibility index (Phi) is 7.13. The molecule has 2 aromatic carbocycles. The van der Waals surface area contributed by atoms with Crippen molar-refractivity contribution in [3.8, 4) is 0 Å². The fourth-order valence-corrected chi connectivity index (χ4v) is 4.18. The zero-order chi connectivity index (χ0) is 19.2. The molecule has 1 aliphatic rings. The maximum Gasteiger partial charge on any atom is 0.275 e. The Bertz CT molecular complexity index is 769. The molecule has 6 heteroatoms. The molecule has 0 bridgehead atoms. The molecule has 1 saturated heterocycles. The Morgan fingerprint density at radius 1 is 1.22 bits per heavy atom. The van der Waals surface area contributed by atoms with E-state index in [4.69, 9.17) is 23.2 Å². The van der Waals surface area contributed by atoms with Gasteiger partial charge in [-0.2, -0.15) is 0 Å². The minimum Gasteiger partial charge on any atom is -0.343 e. The second-order valence-corrected chi connectivity index (χ2v) is 8.31. The molecule has 0 radical (unpaired) electrons. The minimum atomic E-state index is 0.101. The number of halogens is 2. The van der Waals surface area contributed by atoms with Crippen molar-refractivity contribution in [1.82, 2.24) is 5.32 Å². The summed E-state index contributed by atoms with van der Waals surface area (Å²) in [5.41, 5.74) is 2.36. The van der Waals surface area contributed by atoms with E-state index < -0.39 is 0 Å². The van der Waals surface area contributed by atoms with Crippen molar-refractivity contribution in [3.63, 3.8) is 0 Å². The lowest BCUT2D eigenvalue weighted by atomic mass is 10.2. The van der Waals surface area contributed by atoms with Gasteiger partial charge in [-0.25, -0.2) is 0 Å². The molecule has 0 aliphatic carbocycles. The highest BCUT2D eigenvalue weighted by Gasteiger charge is 2.28. The first kappa shape index (κ1) is 20.2. The van der Waals surface area contributed by atoms with Gasteiger partial charge in [0, 0.05) is 22.6 Å². The first-order valence-corrected chi connectivity index (χ1v) is 10.2. The predicted molar refractivity (Wildman–Crippen MR) is 109 cm³/mol. The Labute approximate surface area is 171 Å². The number of rotatable bonds is 7. The summed E-state index contributed by atoms with van der Waals surface area (Å²) in [4.78, 5) is 15.0. The van der Waals surface area contributed by atoms with Crippen LogP contribution in [0.4, 0.5) is 0 Å². The van der Waals surface area contributed by atoms with Crippen LogP contribution in [-0.2, 0) is 17.9 Å². The minimum absolute atomic E-state index is 0.101. The van der Waals surface area contributed by atoms with Gasteiger partial charge in [-0.3, -0.25) is 4.79 Å². The summed E-state index contributed by atoms with van der Waals surface area (Å²) in [5.74, 6) is 0.101. The summed E-state index contributed by atoms with van der Waals surface area (Å²) >= 11 is 12.2. The van der Waals surface area contributed by atoms with Crippen LogP contribution in [0.25, 0.3) is 0 Å². The van der Waals surface area contributed by atoms with Crippen molar-refractivity contribution in [2.24, 2.45) is 0 Å². The first-order chi connectivity index (χ1) is 13.0. The number of carbonyl (C=O) groups excluding carboxylic acids is 1. The lowest BCUT2D eigenvalue weighted by molar-refractivity contribution is -0.901. The third-order valence-corrected chi connectivity index (χ3v) is 5.60. The third kappa shape index (κ3) is 6.22. The molecule has 0 spiro atoms. The normalized spacial score (nSPS) is 20.4. The quantitative estimate of drug-likeness (QED) is 0.628. The van der Waals surface area contributed by atoms with Crippen LogP contribution in [0.5, 0.6) is 0 Å². The van der Waals surface area contributed by atoms with E-state index in [2.05, 4.69) is 29.6 Å². The molecule has 1 amide bonds. The number of carbonyl (C=O) groups is 1. The van der Waals surface area contributed by atoms with E-state index in [1.165, 1.54) is 10.5 Å². The van der Waals surface area contributed by atoms with E-state index in [1.807, 2.05) is 25.2 Å². The van der Waals surface area contributed by atoms with Crippen LogP contribution in [-0.4, -0.2) is 38.6 Å². The van der Waals surface area contributed by atoms with Crippen LogP contribution in [0.3, 0.4) is 0 Å². The lowest BCUT2D eigenvalue weighted by Gasteiger charge is -2.17. The number of amides is 1. The van der Waals surface area contributed by atoms with E-state index in [0.717, 1.165) is 36.5 Å². The van der Waals surface area contributed by atoms with Crippen molar-refractivity contribution in [3.05, 3.63) is 69.7 Å². The van der Waals surface area contributed by atoms with Crippen LogP contribution in [0.15, 0.2) is 48.5 Å². The fourth-order valence-electron chi connectivity index (χ4n) is 3.70. The molecule has 0 aromatic heterocycles. The highest BCUT2D eigenvalue weighted by Crippen LogP contribution is 2.20. The topological polar surface area (TPSA) is 38.0 Å². The van der Waals surface area contributed by atoms with E-state index >= 15 is 0 Å². The van der Waals surface area contributed by atoms with Crippen LogP contribution in [0, 0.1) is 0 Å². The Morgan fingerprint density at radius 3 is 2.74 bits per heavy atom. The molecule has 3 atom stereocenters. The largest absolute Gasteiger partial charge is 0.343 e. The average molecular weight is 408 g/mol. The summed E-state index contributed by atoms with van der Waals surface area (Å²) in [6.07, 6.45) is 1.04. The van der Waals surface area contributed by atoms with Gasteiger partial charge >= 0.3 is 0 Å². The van der Waals surface area contributed by atoms with Crippen molar-refractivity contribution in [2.75, 3.05) is 26.7 Å². The first-order valence-electron chi connectivity index (χ1n) is 9.41. The smallest absolute Gasteiger partial charge is 0.275 e. The maximum atomic E-state index is 12.4. The molecular formula is C21H27Cl2N3O+2. The van der Waals surface area contributed by atoms with Gasteiger partial charge in [0.15, 0.2) is 6.54 Å². The molecule has 1 heterocycles. The average Bonchev–Trinajstić information content (AvgIpc) is 3.05. The number of likely N-dealkylation sites (tertiary alicyclic amines) is 1. The number of nitrogens with one attached hydrogen (secondary N) is 3. The number of hydrogen-bond donors (Lipinski definition) is 3. The molecule has 27 heavy (non-hydrogen) atoms. The third-order valence-electron chi connectivity index (χ3n) is 5.01. The number of likely N-dealkylation sites (N-methyl/N-ethyl adjacent to an activating group) is 1. The summed E-state index contributed by atoms with van der Waals surface area (Å²) in [7, 11) is 2.01. The van der Waals surface area contributed by atoms with Gasteiger partial charge in [-0.15, -0.1) is 0 Å². The molecule has 0 saturated carbocycles. The number of hydrogen-bond acceptors (Lipinski definition) is 1. The van der Waals surface area contributed by atoms with Crippen LogP contribution >= 0.6 is 23.2 Å². The molecule has 1 aliphatic heterocycles. The Morgan fingerprint density at radius 2 is 2.00 bits per heavy atom. The van der Waals surface area contributed by atoms with E-state index in [-0.39, 0.29) is 11.9 Å². The summed E-state index contributed by atoms with van der Waals surface area (Å²) in [6.45, 7) is 4.24. The lowest BCUT2D eigenvalue weighted by Crippen LogP contribution is -3.09. The molecule has 1 fully saturated rings. The van der Waals surface area contributed by atoms with Gasteiger partial charge in [0.25, 0.3) is 5.91 Å². The molecule has 2 aromatic rings. The Hall–Kier alpha value is -1.59. The van der Waals surface area contributed by atoms with Gasteiger partial charge in [0.05, 0.1) is 31.2 Å². The van der Waals surface area contributed by atoms with Crippen LogP contribution in [0.2, 0.25) is 10.0 Å². The highest BCUT2D eigenvalue weighted by molar-refractivity contribution is 6.35. The van der Waals surface area contributed by atoms with Crippen LogP contribution < -0.4 is 15.1 Å². The molecule has 144 valence electrons. The van der Waals surface area contributed by atoms with Crippen molar-refractivity contribution in [1.29, 1.82) is 0 Å². The van der Waals surface area contributed by atoms with Crippen molar-refractivity contribution in [2.45, 2.75) is 25.6 Å².